The maximum atomic E-state index is 9.38. The van der Waals surface area contributed by atoms with E-state index in [1.165, 1.54) is 11.3 Å². The summed E-state index contributed by atoms with van der Waals surface area (Å²) in [7, 11) is 0. The van der Waals surface area contributed by atoms with Crippen molar-refractivity contribution in [1.82, 2.24) is 4.98 Å². The molecule has 0 unspecified atom stereocenters. The van der Waals surface area contributed by atoms with Crippen LogP contribution in [0.5, 0.6) is 5.75 Å². The SMILES string of the molecule is CCN1CN(c2ccc(O)cc2)c2ncc(C)cc21. The highest BCUT2D eigenvalue weighted by Gasteiger charge is 2.27. The standard InChI is InChI=1S/C15H17N3O/c1-3-17-10-18(12-4-6-13(19)7-5-12)15-14(17)8-11(2)9-16-15/h4-9,19H,3,10H2,1-2H3. The van der Waals surface area contributed by atoms with Crippen molar-refractivity contribution in [1.29, 1.82) is 0 Å². The Kier molecular flexibility index (Phi) is 2.78. The van der Waals surface area contributed by atoms with E-state index in [1.54, 1.807) is 12.1 Å². The summed E-state index contributed by atoms with van der Waals surface area (Å²) in [5, 5.41) is 9.38. The van der Waals surface area contributed by atoms with Gasteiger partial charge in [-0.2, -0.15) is 0 Å². The molecule has 0 spiro atoms. The zero-order chi connectivity index (χ0) is 13.4. The monoisotopic (exact) mass is 255 g/mol. The van der Waals surface area contributed by atoms with Crippen molar-refractivity contribution in [3.05, 3.63) is 42.1 Å². The van der Waals surface area contributed by atoms with Crippen molar-refractivity contribution >= 4 is 17.2 Å². The number of benzene rings is 1. The smallest absolute Gasteiger partial charge is 0.158 e. The van der Waals surface area contributed by atoms with Gasteiger partial charge in [-0.1, -0.05) is 0 Å². The van der Waals surface area contributed by atoms with Crippen LogP contribution in [0.2, 0.25) is 0 Å². The summed E-state index contributed by atoms with van der Waals surface area (Å²) in [6.45, 7) is 5.95. The van der Waals surface area contributed by atoms with Gasteiger partial charge < -0.3 is 14.9 Å². The minimum atomic E-state index is 0.285. The lowest BCUT2D eigenvalue weighted by Crippen LogP contribution is -2.27. The van der Waals surface area contributed by atoms with Gasteiger partial charge >= 0.3 is 0 Å². The average molecular weight is 255 g/mol. The van der Waals surface area contributed by atoms with E-state index in [1.807, 2.05) is 18.3 Å². The van der Waals surface area contributed by atoms with Crippen LogP contribution in [0.4, 0.5) is 17.2 Å². The normalized spacial score (nSPS) is 13.8. The summed E-state index contributed by atoms with van der Waals surface area (Å²) < 4.78 is 0. The third kappa shape index (κ3) is 1.99. The molecule has 1 aliphatic rings. The molecule has 1 N–H and O–H groups in total. The molecule has 2 heterocycles. The van der Waals surface area contributed by atoms with Crippen molar-refractivity contribution in [3.63, 3.8) is 0 Å². The number of phenolic OH excluding ortho intramolecular Hbond substituents is 1. The molecule has 0 saturated carbocycles. The zero-order valence-electron chi connectivity index (χ0n) is 11.2. The molecule has 1 aromatic heterocycles. The summed E-state index contributed by atoms with van der Waals surface area (Å²) in [5.74, 6) is 1.27. The van der Waals surface area contributed by atoms with Crippen LogP contribution in [-0.2, 0) is 0 Å². The molecule has 4 nitrogen and oxygen atoms in total. The van der Waals surface area contributed by atoms with Crippen molar-refractivity contribution < 1.29 is 5.11 Å². The van der Waals surface area contributed by atoms with Gasteiger partial charge in [-0.25, -0.2) is 4.98 Å². The van der Waals surface area contributed by atoms with Gasteiger partial charge in [0, 0.05) is 18.4 Å². The van der Waals surface area contributed by atoms with Crippen molar-refractivity contribution in [2.24, 2.45) is 0 Å². The van der Waals surface area contributed by atoms with Gasteiger partial charge in [-0.05, 0) is 49.7 Å². The summed E-state index contributed by atoms with van der Waals surface area (Å²) >= 11 is 0. The molecule has 0 amide bonds. The minimum Gasteiger partial charge on any atom is -0.508 e. The molecule has 0 atom stereocenters. The Labute approximate surface area is 112 Å². The molecular weight excluding hydrogens is 238 g/mol. The first-order chi connectivity index (χ1) is 9.19. The third-order valence-corrected chi connectivity index (χ3v) is 3.44. The fourth-order valence-corrected chi connectivity index (χ4v) is 2.41. The van der Waals surface area contributed by atoms with Crippen LogP contribution in [0.3, 0.4) is 0 Å². The Morgan fingerprint density at radius 1 is 1.26 bits per heavy atom. The number of pyridine rings is 1. The number of hydrogen-bond donors (Lipinski definition) is 1. The second kappa shape index (κ2) is 4.46. The van der Waals surface area contributed by atoms with E-state index in [0.29, 0.717) is 0 Å². The highest BCUT2D eigenvalue weighted by Crippen LogP contribution is 2.39. The van der Waals surface area contributed by atoms with Crippen LogP contribution < -0.4 is 9.80 Å². The van der Waals surface area contributed by atoms with Crippen molar-refractivity contribution in [3.8, 4) is 5.75 Å². The molecule has 2 aromatic rings. The second-order valence-corrected chi connectivity index (χ2v) is 4.80. The fraction of sp³-hybridized carbons (Fsp3) is 0.267. The van der Waals surface area contributed by atoms with Gasteiger partial charge in [0.05, 0.1) is 12.4 Å². The highest BCUT2D eigenvalue weighted by molar-refractivity contribution is 5.79. The molecule has 0 fully saturated rings. The number of aryl methyl sites for hydroxylation is 1. The largest absolute Gasteiger partial charge is 0.508 e. The van der Waals surface area contributed by atoms with Gasteiger partial charge in [0.2, 0.25) is 0 Å². The molecule has 98 valence electrons. The van der Waals surface area contributed by atoms with Crippen molar-refractivity contribution in [2.75, 3.05) is 23.0 Å². The second-order valence-electron chi connectivity index (χ2n) is 4.80. The van der Waals surface area contributed by atoms with E-state index < -0.39 is 0 Å². The Hall–Kier alpha value is -2.23. The maximum absolute atomic E-state index is 9.38. The van der Waals surface area contributed by atoms with Gasteiger partial charge in [0.15, 0.2) is 5.82 Å². The van der Waals surface area contributed by atoms with E-state index in [9.17, 15) is 5.11 Å². The lowest BCUT2D eigenvalue weighted by molar-refractivity contribution is 0.475. The summed E-state index contributed by atoms with van der Waals surface area (Å²) in [6.07, 6.45) is 1.89. The van der Waals surface area contributed by atoms with E-state index in [-0.39, 0.29) is 5.75 Å². The molecule has 0 bridgehead atoms. The molecule has 4 heteroatoms. The predicted octanol–water partition coefficient (Wildman–Crippen LogP) is 3.03. The molecule has 0 radical (unpaired) electrons. The first-order valence-corrected chi connectivity index (χ1v) is 6.47. The van der Waals surface area contributed by atoms with E-state index in [4.69, 9.17) is 0 Å². The fourth-order valence-electron chi connectivity index (χ4n) is 2.41. The van der Waals surface area contributed by atoms with Crippen LogP contribution >= 0.6 is 0 Å². The highest BCUT2D eigenvalue weighted by atomic mass is 16.3. The molecular formula is C15H17N3O. The van der Waals surface area contributed by atoms with Crippen LogP contribution in [0.15, 0.2) is 36.5 Å². The molecule has 0 aliphatic carbocycles. The first kappa shape index (κ1) is 11.8. The topological polar surface area (TPSA) is 39.6 Å². The number of aromatic nitrogens is 1. The van der Waals surface area contributed by atoms with Gasteiger partial charge in [-0.3, -0.25) is 0 Å². The predicted molar refractivity (Wildman–Crippen MR) is 77.1 cm³/mol. The van der Waals surface area contributed by atoms with Gasteiger partial charge in [0.25, 0.3) is 0 Å². The minimum absolute atomic E-state index is 0.285. The van der Waals surface area contributed by atoms with Crippen LogP contribution in [-0.4, -0.2) is 23.3 Å². The zero-order valence-corrected chi connectivity index (χ0v) is 11.2. The van der Waals surface area contributed by atoms with Crippen LogP contribution in [0.25, 0.3) is 0 Å². The molecule has 3 rings (SSSR count). The Balaban J connectivity index is 2.04. The van der Waals surface area contributed by atoms with E-state index in [0.717, 1.165) is 24.7 Å². The maximum Gasteiger partial charge on any atom is 0.158 e. The molecule has 1 aromatic carbocycles. The molecule has 19 heavy (non-hydrogen) atoms. The number of rotatable bonds is 2. The van der Waals surface area contributed by atoms with E-state index in [2.05, 4.69) is 34.7 Å². The number of anilines is 3. The Morgan fingerprint density at radius 3 is 2.68 bits per heavy atom. The summed E-state index contributed by atoms with van der Waals surface area (Å²) in [6, 6.07) is 9.42. The Morgan fingerprint density at radius 2 is 2.00 bits per heavy atom. The Bertz CT molecular complexity index is 595. The summed E-state index contributed by atoms with van der Waals surface area (Å²) in [4.78, 5) is 9.02. The molecule has 1 aliphatic heterocycles. The number of phenols is 1. The van der Waals surface area contributed by atoms with E-state index >= 15 is 0 Å². The quantitative estimate of drug-likeness (QED) is 0.895. The molecule has 0 saturated heterocycles. The lowest BCUT2D eigenvalue weighted by Gasteiger charge is -2.20. The third-order valence-electron chi connectivity index (χ3n) is 3.44. The number of fused-ring (bicyclic) bond motifs is 1. The van der Waals surface area contributed by atoms with Gasteiger partial charge in [-0.15, -0.1) is 0 Å². The average Bonchev–Trinajstić information content (AvgIpc) is 2.77. The summed E-state index contributed by atoms with van der Waals surface area (Å²) in [5.41, 5.74) is 3.40. The number of hydrogen-bond acceptors (Lipinski definition) is 4. The first-order valence-electron chi connectivity index (χ1n) is 6.47. The van der Waals surface area contributed by atoms with Crippen molar-refractivity contribution in [2.45, 2.75) is 13.8 Å². The number of nitrogens with zero attached hydrogens (tertiary/aromatic N) is 3. The number of aromatic hydroxyl groups is 1. The lowest BCUT2D eigenvalue weighted by atomic mass is 10.2. The van der Waals surface area contributed by atoms with Crippen LogP contribution in [0.1, 0.15) is 12.5 Å². The van der Waals surface area contributed by atoms with Crippen LogP contribution in [0, 0.1) is 6.92 Å². The van der Waals surface area contributed by atoms with Gasteiger partial charge in [0.1, 0.15) is 5.75 Å².